The molecular weight excluding hydrogens is 174 g/mol. The fourth-order valence-corrected chi connectivity index (χ4v) is 1.17. The number of hydrogen-bond acceptors (Lipinski definition) is 3. The summed E-state index contributed by atoms with van der Waals surface area (Å²) in [5.41, 5.74) is 1.97. The molecule has 72 valence electrons. The van der Waals surface area contributed by atoms with E-state index in [-0.39, 0.29) is 0 Å². The van der Waals surface area contributed by atoms with E-state index in [1.54, 1.807) is 0 Å². The number of hydrogen-bond donors (Lipinski definition) is 1. The molecule has 14 heavy (non-hydrogen) atoms. The minimum absolute atomic E-state index is 0.531. The Bertz CT molecular complexity index is 335. The quantitative estimate of drug-likeness (QED) is 0.733. The van der Waals surface area contributed by atoms with Gasteiger partial charge in [-0.2, -0.15) is 5.26 Å². The molecule has 0 saturated heterocycles. The van der Waals surface area contributed by atoms with Gasteiger partial charge in [-0.3, -0.25) is 0 Å². The van der Waals surface area contributed by atoms with Crippen LogP contribution in [0.25, 0.3) is 0 Å². The Morgan fingerprint density at radius 2 is 2.07 bits per heavy atom. The average Bonchev–Trinajstić information content (AvgIpc) is 2.26. The van der Waals surface area contributed by atoms with Crippen molar-refractivity contribution in [2.24, 2.45) is 0 Å². The van der Waals surface area contributed by atoms with Crippen LogP contribution in [0.15, 0.2) is 24.3 Å². The number of rotatable bonds is 4. The van der Waals surface area contributed by atoms with Crippen molar-refractivity contribution in [3.8, 4) is 6.07 Å². The van der Waals surface area contributed by atoms with Crippen molar-refractivity contribution in [2.75, 3.05) is 18.5 Å². The van der Waals surface area contributed by atoms with Crippen molar-refractivity contribution in [1.82, 2.24) is 0 Å². The summed E-state index contributed by atoms with van der Waals surface area (Å²) >= 11 is 0. The normalized spacial score (nSPS) is 9.14. The molecule has 0 aromatic heterocycles. The van der Waals surface area contributed by atoms with E-state index in [4.69, 9.17) is 10.7 Å². The van der Waals surface area contributed by atoms with Gasteiger partial charge in [-0.05, 0) is 17.7 Å². The molecule has 3 heteroatoms. The second-order valence-electron chi connectivity index (χ2n) is 3.07. The Morgan fingerprint density at radius 3 is 2.57 bits per heavy atom. The van der Waals surface area contributed by atoms with E-state index in [0.29, 0.717) is 6.42 Å². The Kier molecular flexibility index (Phi) is 3.69. The summed E-state index contributed by atoms with van der Waals surface area (Å²) in [5.74, 6) is 0. The molecule has 0 atom stereocenters. The highest BCUT2D eigenvalue weighted by molar-refractivity contribution is 5.77. The van der Waals surface area contributed by atoms with Gasteiger partial charge in [0, 0.05) is 25.5 Å². The number of anilines is 1. The zero-order chi connectivity index (χ0) is 10.4. The van der Waals surface area contributed by atoms with Crippen molar-refractivity contribution < 1.29 is 0 Å². The predicted molar refractivity (Wildman–Crippen MR) is 57.8 cm³/mol. The minimum Gasteiger partial charge on any atom is -0.374 e. The first-order valence-electron chi connectivity index (χ1n) is 4.46. The fourth-order valence-electron chi connectivity index (χ4n) is 1.17. The van der Waals surface area contributed by atoms with Crippen LogP contribution in [0.1, 0.15) is 12.0 Å². The average molecular weight is 187 g/mol. The van der Waals surface area contributed by atoms with Gasteiger partial charge in [-0.15, -0.1) is 0 Å². The van der Waals surface area contributed by atoms with E-state index < -0.39 is 0 Å². The van der Waals surface area contributed by atoms with E-state index in [1.165, 1.54) is 6.21 Å². The zero-order valence-electron chi connectivity index (χ0n) is 8.20. The smallest absolute Gasteiger partial charge is 0.0640 e. The van der Waals surface area contributed by atoms with Crippen LogP contribution in [0.2, 0.25) is 0 Å². The maximum atomic E-state index is 8.44. The second kappa shape index (κ2) is 5.03. The van der Waals surface area contributed by atoms with Crippen molar-refractivity contribution in [3.05, 3.63) is 29.8 Å². The lowest BCUT2D eigenvalue weighted by Crippen LogP contribution is -2.17. The van der Waals surface area contributed by atoms with Crippen LogP contribution in [0, 0.1) is 16.7 Å². The summed E-state index contributed by atoms with van der Waals surface area (Å²) in [6, 6.07) is 9.81. The van der Waals surface area contributed by atoms with Crippen LogP contribution in [0.4, 0.5) is 5.69 Å². The van der Waals surface area contributed by atoms with E-state index in [1.807, 2.05) is 36.2 Å². The molecule has 0 aliphatic carbocycles. The molecule has 0 spiro atoms. The van der Waals surface area contributed by atoms with Crippen LogP contribution in [0.5, 0.6) is 0 Å². The fraction of sp³-hybridized carbons (Fsp3) is 0.273. The van der Waals surface area contributed by atoms with Crippen molar-refractivity contribution in [2.45, 2.75) is 6.42 Å². The van der Waals surface area contributed by atoms with Crippen LogP contribution in [0.3, 0.4) is 0 Å². The van der Waals surface area contributed by atoms with Crippen molar-refractivity contribution >= 4 is 11.9 Å². The topological polar surface area (TPSA) is 50.9 Å². The third-order valence-corrected chi connectivity index (χ3v) is 2.06. The van der Waals surface area contributed by atoms with E-state index in [2.05, 4.69) is 6.07 Å². The molecule has 0 aliphatic heterocycles. The molecule has 1 aromatic rings. The number of nitriles is 1. The van der Waals surface area contributed by atoms with Crippen LogP contribution < -0.4 is 4.90 Å². The third-order valence-electron chi connectivity index (χ3n) is 2.06. The summed E-state index contributed by atoms with van der Waals surface area (Å²) in [4.78, 5) is 2.02. The van der Waals surface area contributed by atoms with Gasteiger partial charge in [0.25, 0.3) is 0 Å². The predicted octanol–water partition coefficient (Wildman–Crippen LogP) is 2.03. The largest absolute Gasteiger partial charge is 0.374 e. The molecule has 1 rings (SSSR count). The van der Waals surface area contributed by atoms with Crippen LogP contribution in [-0.4, -0.2) is 19.8 Å². The lowest BCUT2D eigenvalue weighted by atomic mass is 10.2. The van der Waals surface area contributed by atoms with Crippen molar-refractivity contribution in [1.29, 1.82) is 10.7 Å². The van der Waals surface area contributed by atoms with Gasteiger partial charge in [-0.1, -0.05) is 12.1 Å². The summed E-state index contributed by atoms with van der Waals surface area (Å²) < 4.78 is 0. The maximum absolute atomic E-state index is 8.44. The van der Waals surface area contributed by atoms with Gasteiger partial charge in [0.2, 0.25) is 0 Å². The Labute approximate surface area is 84.1 Å². The standard InChI is InChI=1S/C11H13N3/c1-14(8-2-7-12)11-5-3-10(9-13)4-6-11/h3-6,9,13H,2,8H2,1H3. The Hall–Kier alpha value is -1.82. The number of nitrogens with zero attached hydrogens (tertiary/aromatic N) is 2. The molecule has 0 unspecified atom stereocenters. The van der Waals surface area contributed by atoms with Gasteiger partial charge in [0.15, 0.2) is 0 Å². The molecule has 0 saturated carbocycles. The minimum atomic E-state index is 0.531. The summed E-state index contributed by atoms with van der Waals surface area (Å²) in [5, 5.41) is 15.5. The molecule has 1 N–H and O–H groups in total. The Morgan fingerprint density at radius 1 is 1.43 bits per heavy atom. The second-order valence-corrected chi connectivity index (χ2v) is 3.07. The number of benzene rings is 1. The van der Waals surface area contributed by atoms with Crippen molar-refractivity contribution in [3.63, 3.8) is 0 Å². The molecule has 0 radical (unpaired) electrons. The molecule has 0 heterocycles. The van der Waals surface area contributed by atoms with Crippen LogP contribution in [-0.2, 0) is 0 Å². The van der Waals surface area contributed by atoms with Gasteiger partial charge >= 0.3 is 0 Å². The highest BCUT2D eigenvalue weighted by Crippen LogP contribution is 2.12. The first-order valence-corrected chi connectivity index (χ1v) is 4.46. The molecule has 3 nitrogen and oxygen atoms in total. The monoisotopic (exact) mass is 187 g/mol. The van der Waals surface area contributed by atoms with Gasteiger partial charge in [0.1, 0.15) is 0 Å². The highest BCUT2D eigenvalue weighted by atomic mass is 15.1. The lowest BCUT2D eigenvalue weighted by molar-refractivity contribution is 0.905. The van der Waals surface area contributed by atoms with E-state index >= 15 is 0 Å². The van der Waals surface area contributed by atoms with Crippen LogP contribution >= 0.6 is 0 Å². The lowest BCUT2D eigenvalue weighted by Gasteiger charge is -2.17. The summed E-state index contributed by atoms with van der Waals surface area (Å²) in [6.45, 7) is 0.737. The summed E-state index contributed by atoms with van der Waals surface area (Å²) in [6.07, 6.45) is 1.85. The van der Waals surface area contributed by atoms with Gasteiger partial charge in [-0.25, -0.2) is 0 Å². The molecule has 0 fully saturated rings. The SMILES string of the molecule is CN(CCC#N)c1ccc(C=N)cc1. The molecule has 0 aliphatic rings. The number of nitrogens with one attached hydrogen (secondary N) is 1. The third kappa shape index (κ3) is 2.60. The first-order chi connectivity index (χ1) is 6.77. The molecule has 1 aromatic carbocycles. The van der Waals surface area contributed by atoms with E-state index in [0.717, 1.165) is 17.8 Å². The maximum Gasteiger partial charge on any atom is 0.0640 e. The molecule has 0 bridgehead atoms. The highest BCUT2D eigenvalue weighted by Gasteiger charge is 1.98. The Balaban J connectivity index is 2.67. The van der Waals surface area contributed by atoms with Gasteiger partial charge in [0.05, 0.1) is 12.5 Å². The molecule has 0 amide bonds. The van der Waals surface area contributed by atoms with E-state index in [9.17, 15) is 0 Å². The van der Waals surface area contributed by atoms with Gasteiger partial charge < -0.3 is 10.3 Å². The molecular formula is C11H13N3. The summed E-state index contributed by atoms with van der Waals surface area (Å²) in [7, 11) is 1.96. The zero-order valence-corrected chi connectivity index (χ0v) is 8.20. The first kappa shape index (κ1) is 10.3.